The van der Waals surface area contributed by atoms with Crippen LogP contribution in [-0.2, 0) is 0 Å². The fourth-order valence-corrected chi connectivity index (χ4v) is 2.19. The molecule has 1 nitrogen and oxygen atoms in total. The molecule has 1 unspecified atom stereocenters. The Bertz CT molecular complexity index is 81.0. The van der Waals surface area contributed by atoms with Crippen LogP contribution < -0.4 is 0 Å². The highest BCUT2D eigenvalue weighted by molar-refractivity contribution is 6.56. The summed E-state index contributed by atoms with van der Waals surface area (Å²) in [7, 11) is -1.40. The van der Waals surface area contributed by atoms with Crippen LogP contribution >= 0.6 is 0 Å². The average Bonchev–Trinajstić information content (AvgIpc) is 1.85. The molecule has 0 aromatic heterocycles. The first-order chi connectivity index (χ1) is 4.31. The van der Waals surface area contributed by atoms with Gasteiger partial charge in [0.15, 0.2) is 9.04 Å². The van der Waals surface area contributed by atoms with Gasteiger partial charge in [-0.05, 0) is 13.0 Å². The predicted molar refractivity (Wildman–Crippen MR) is 43.9 cm³/mol. The molecule has 1 N–H and O–H groups in total. The smallest absolute Gasteiger partial charge is 0.196 e. The monoisotopic (exact) mass is 144 g/mol. The van der Waals surface area contributed by atoms with E-state index in [9.17, 15) is 4.80 Å². The maximum atomic E-state index is 9.23. The topological polar surface area (TPSA) is 20.2 Å². The van der Waals surface area contributed by atoms with Gasteiger partial charge in [-0.3, -0.25) is 0 Å². The Labute approximate surface area is 59.1 Å². The van der Waals surface area contributed by atoms with Crippen LogP contribution in [0.4, 0.5) is 0 Å². The molecule has 0 aliphatic heterocycles. The highest BCUT2D eigenvalue weighted by atomic mass is 28.3. The van der Waals surface area contributed by atoms with Crippen molar-refractivity contribution in [1.29, 1.82) is 0 Å². The summed E-state index contributed by atoms with van der Waals surface area (Å²) in [6.45, 7) is 4.11. The number of rotatable bonds is 4. The van der Waals surface area contributed by atoms with Gasteiger partial charge in [-0.1, -0.05) is 31.5 Å². The zero-order valence-corrected chi connectivity index (χ0v) is 7.46. The summed E-state index contributed by atoms with van der Waals surface area (Å²) in [4.78, 5) is 9.23. The predicted octanol–water partition coefficient (Wildman–Crippen LogP) is 1.62. The molecule has 0 fully saturated rings. The highest BCUT2D eigenvalue weighted by Crippen LogP contribution is 1.98. The van der Waals surface area contributed by atoms with Crippen LogP contribution in [-0.4, -0.2) is 13.8 Å². The van der Waals surface area contributed by atoms with E-state index in [4.69, 9.17) is 0 Å². The minimum absolute atomic E-state index is 1.04. The highest BCUT2D eigenvalue weighted by Gasteiger charge is 1.98. The van der Waals surface area contributed by atoms with Crippen molar-refractivity contribution in [3.8, 4) is 0 Å². The fraction of sp³-hybridized carbons (Fsp3) is 0.714. The van der Waals surface area contributed by atoms with E-state index in [0.717, 1.165) is 6.04 Å². The Morgan fingerprint density at radius 1 is 1.56 bits per heavy atom. The third-order valence-electron chi connectivity index (χ3n) is 1.27. The summed E-state index contributed by atoms with van der Waals surface area (Å²) in [5.41, 5.74) is 1.97. The summed E-state index contributed by atoms with van der Waals surface area (Å²) < 4.78 is 0. The van der Waals surface area contributed by atoms with E-state index in [1.165, 1.54) is 12.8 Å². The van der Waals surface area contributed by atoms with Crippen molar-refractivity contribution >= 4 is 9.04 Å². The lowest BCUT2D eigenvalue weighted by molar-refractivity contribution is 0.577. The molecule has 0 aromatic carbocycles. The number of hydrogen-bond donors (Lipinski definition) is 1. The van der Waals surface area contributed by atoms with E-state index >= 15 is 0 Å². The maximum Gasteiger partial charge on any atom is 0.196 e. The first kappa shape index (κ1) is 8.92. The molecule has 0 aromatic rings. The van der Waals surface area contributed by atoms with Crippen LogP contribution in [0.3, 0.4) is 0 Å². The Kier molecular flexibility index (Phi) is 5.99. The molecule has 0 saturated heterocycles. The second-order valence-electron chi connectivity index (χ2n) is 2.24. The van der Waals surface area contributed by atoms with Crippen LogP contribution in [0.5, 0.6) is 0 Å². The lowest BCUT2D eigenvalue weighted by Gasteiger charge is -1.98. The van der Waals surface area contributed by atoms with E-state index < -0.39 is 9.04 Å². The van der Waals surface area contributed by atoms with Crippen molar-refractivity contribution in [2.75, 3.05) is 0 Å². The van der Waals surface area contributed by atoms with Gasteiger partial charge in [0.25, 0.3) is 0 Å². The van der Waals surface area contributed by atoms with E-state index in [2.05, 4.69) is 6.92 Å². The van der Waals surface area contributed by atoms with E-state index in [-0.39, 0.29) is 0 Å². The number of unbranched alkanes of at least 4 members (excludes halogenated alkanes) is 1. The normalized spacial score (nSPS) is 14.6. The van der Waals surface area contributed by atoms with Gasteiger partial charge in [0.1, 0.15) is 0 Å². The molecule has 2 heteroatoms. The molecule has 0 rings (SSSR count). The lowest BCUT2D eigenvalue weighted by Crippen LogP contribution is -2.06. The molecule has 1 atom stereocenters. The van der Waals surface area contributed by atoms with Crippen molar-refractivity contribution in [1.82, 2.24) is 0 Å². The molecule has 0 amide bonds. The van der Waals surface area contributed by atoms with Crippen LogP contribution in [0.15, 0.2) is 11.8 Å². The molecular weight excluding hydrogens is 128 g/mol. The molecule has 0 bridgehead atoms. The van der Waals surface area contributed by atoms with Crippen LogP contribution in [0.2, 0.25) is 6.04 Å². The summed E-state index contributed by atoms with van der Waals surface area (Å²) in [5, 5.41) is 0. The van der Waals surface area contributed by atoms with Crippen molar-refractivity contribution in [2.24, 2.45) is 0 Å². The van der Waals surface area contributed by atoms with E-state index in [0.29, 0.717) is 0 Å². The molecule has 54 valence electrons. The lowest BCUT2D eigenvalue weighted by atomic mass is 10.4. The second kappa shape index (κ2) is 6.04. The quantitative estimate of drug-likeness (QED) is 0.594. The van der Waals surface area contributed by atoms with Gasteiger partial charge in [-0.2, -0.15) is 0 Å². The maximum absolute atomic E-state index is 9.23. The van der Waals surface area contributed by atoms with Crippen molar-refractivity contribution in [3.05, 3.63) is 11.8 Å². The van der Waals surface area contributed by atoms with E-state index in [1.54, 1.807) is 0 Å². The first-order valence-electron chi connectivity index (χ1n) is 3.62. The van der Waals surface area contributed by atoms with Crippen molar-refractivity contribution in [3.63, 3.8) is 0 Å². The van der Waals surface area contributed by atoms with Gasteiger partial charge >= 0.3 is 0 Å². The van der Waals surface area contributed by atoms with Gasteiger partial charge in [0, 0.05) is 0 Å². The molecule has 9 heavy (non-hydrogen) atoms. The third kappa shape index (κ3) is 5.79. The zero-order chi connectivity index (χ0) is 7.11. The fourth-order valence-electron chi connectivity index (χ4n) is 0.732. The standard InChI is InChI=1S/C7H16OSi/c1-3-5-7-9(8)6-4-2/h4,6,8-9H,3,5,7H2,1-2H3. The Morgan fingerprint density at radius 3 is 2.67 bits per heavy atom. The molecule has 0 radical (unpaired) electrons. The Balaban J connectivity index is 3.15. The first-order valence-corrected chi connectivity index (χ1v) is 5.62. The Hall–Kier alpha value is -0.0831. The molecule has 0 aliphatic rings. The minimum Gasteiger partial charge on any atom is -0.431 e. The number of hydrogen-bond acceptors (Lipinski definition) is 1. The van der Waals surface area contributed by atoms with Gasteiger partial charge in [-0.15, -0.1) is 0 Å². The number of allylic oxidation sites excluding steroid dienone is 1. The zero-order valence-electron chi connectivity index (χ0n) is 6.30. The average molecular weight is 144 g/mol. The third-order valence-corrected chi connectivity index (χ3v) is 3.10. The molecule has 0 saturated carbocycles. The van der Waals surface area contributed by atoms with Gasteiger partial charge < -0.3 is 4.80 Å². The Morgan fingerprint density at radius 2 is 2.22 bits per heavy atom. The van der Waals surface area contributed by atoms with Crippen LogP contribution in [0, 0.1) is 0 Å². The van der Waals surface area contributed by atoms with E-state index in [1.807, 2.05) is 18.7 Å². The summed E-state index contributed by atoms with van der Waals surface area (Å²) in [6.07, 6.45) is 4.33. The molecule has 0 spiro atoms. The summed E-state index contributed by atoms with van der Waals surface area (Å²) in [6, 6.07) is 1.04. The minimum atomic E-state index is -1.40. The molecule has 0 heterocycles. The summed E-state index contributed by atoms with van der Waals surface area (Å²) >= 11 is 0. The molecular formula is C7H16OSi. The molecule has 0 aliphatic carbocycles. The summed E-state index contributed by atoms with van der Waals surface area (Å²) in [5.74, 6) is 0. The van der Waals surface area contributed by atoms with Gasteiger partial charge in [0.05, 0.1) is 0 Å². The SMILES string of the molecule is CC=C[SiH](O)CCCC. The van der Waals surface area contributed by atoms with Gasteiger partial charge in [0.2, 0.25) is 0 Å². The largest absolute Gasteiger partial charge is 0.431 e. The van der Waals surface area contributed by atoms with Crippen molar-refractivity contribution < 1.29 is 4.80 Å². The van der Waals surface area contributed by atoms with Crippen LogP contribution in [0.25, 0.3) is 0 Å². The van der Waals surface area contributed by atoms with Crippen LogP contribution in [0.1, 0.15) is 26.7 Å². The van der Waals surface area contributed by atoms with Crippen molar-refractivity contribution in [2.45, 2.75) is 32.7 Å². The van der Waals surface area contributed by atoms with Gasteiger partial charge in [-0.25, -0.2) is 0 Å². The second-order valence-corrected chi connectivity index (χ2v) is 4.33.